The van der Waals surface area contributed by atoms with Crippen molar-refractivity contribution in [2.24, 2.45) is 9.98 Å². The van der Waals surface area contributed by atoms with Crippen LogP contribution in [0.3, 0.4) is 0 Å². The average Bonchev–Trinajstić information content (AvgIpc) is 3.58. The van der Waals surface area contributed by atoms with Gasteiger partial charge in [-0.15, -0.1) is 0 Å². The van der Waals surface area contributed by atoms with Crippen LogP contribution < -0.4 is 10.6 Å². The van der Waals surface area contributed by atoms with E-state index in [4.69, 9.17) is 14.4 Å². The number of benzene rings is 1. The van der Waals surface area contributed by atoms with Crippen molar-refractivity contribution >= 4 is 46.2 Å². The van der Waals surface area contributed by atoms with Crippen molar-refractivity contribution in [2.45, 2.75) is 82.2 Å². The van der Waals surface area contributed by atoms with E-state index < -0.39 is 6.04 Å². The summed E-state index contributed by atoms with van der Waals surface area (Å²) in [5.41, 5.74) is 1.49. The van der Waals surface area contributed by atoms with E-state index >= 15 is 0 Å². The van der Waals surface area contributed by atoms with Gasteiger partial charge in [-0.3, -0.25) is 19.4 Å². The lowest BCUT2D eigenvalue weighted by atomic mass is 9.95. The van der Waals surface area contributed by atoms with Gasteiger partial charge in [-0.2, -0.15) is 0 Å². The predicted octanol–water partition coefficient (Wildman–Crippen LogP) is 4.30. The Labute approximate surface area is 226 Å². The first-order valence-corrected chi connectivity index (χ1v) is 14.3. The minimum atomic E-state index is -0.688. The fourth-order valence-corrected chi connectivity index (χ4v) is 6.04. The molecule has 2 aromatic rings. The van der Waals surface area contributed by atoms with Gasteiger partial charge in [-0.05, 0) is 49.9 Å². The largest absolute Gasteiger partial charge is 0.467 e. The molecule has 0 radical (unpaired) electrons. The molecule has 0 bridgehead atoms. The van der Waals surface area contributed by atoms with E-state index in [0.29, 0.717) is 29.7 Å². The number of amides is 3. The highest BCUT2D eigenvalue weighted by Crippen LogP contribution is 2.36. The molecule has 1 aliphatic carbocycles. The molecule has 1 fully saturated rings. The normalized spacial score (nSPS) is 19.8. The topological polar surface area (TPSA) is 116 Å². The number of nitrogens with one attached hydrogen (secondary N) is 2. The van der Waals surface area contributed by atoms with Gasteiger partial charge in [0.25, 0.3) is 5.91 Å². The summed E-state index contributed by atoms with van der Waals surface area (Å²) in [5, 5.41) is 6.11. The van der Waals surface area contributed by atoms with Crippen molar-refractivity contribution in [1.82, 2.24) is 15.5 Å². The van der Waals surface area contributed by atoms with E-state index in [1.54, 1.807) is 18.4 Å². The van der Waals surface area contributed by atoms with Crippen molar-refractivity contribution in [1.29, 1.82) is 0 Å². The molecule has 3 heterocycles. The summed E-state index contributed by atoms with van der Waals surface area (Å²) in [5.74, 6) is 0.795. The van der Waals surface area contributed by atoms with Crippen LogP contribution in [0, 0.1) is 0 Å². The Balaban J connectivity index is 1.28. The van der Waals surface area contributed by atoms with Crippen LogP contribution in [0.2, 0.25) is 0 Å². The average molecular weight is 536 g/mol. The SMILES string of the molecule is CC[C@@H](SC1=Nc2ccccc2C2=N[C@H](CCC(=O)NCc3ccco3)C(=O)N12)C(=O)NC1CCCCC1. The van der Waals surface area contributed by atoms with Gasteiger partial charge in [-0.1, -0.05) is 50.1 Å². The van der Waals surface area contributed by atoms with E-state index in [2.05, 4.69) is 10.6 Å². The van der Waals surface area contributed by atoms with E-state index in [1.165, 1.54) is 23.1 Å². The summed E-state index contributed by atoms with van der Waals surface area (Å²) in [6, 6.07) is 10.7. The maximum absolute atomic E-state index is 13.5. The molecular formula is C28H33N5O4S. The third-order valence-electron chi connectivity index (χ3n) is 7.09. The molecule has 2 aliphatic heterocycles. The zero-order valence-electron chi connectivity index (χ0n) is 21.5. The Kier molecular flexibility index (Phi) is 8.26. The van der Waals surface area contributed by atoms with E-state index in [9.17, 15) is 14.4 Å². The Morgan fingerprint density at radius 3 is 2.74 bits per heavy atom. The van der Waals surface area contributed by atoms with Crippen molar-refractivity contribution in [3.63, 3.8) is 0 Å². The van der Waals surface area contributed by atoms with Gasteiger partial charge in [0, 0.05) is 18.0 Å². The maximum Gasteiger partial charge on any atom is 0.259 e. The Morgan fingerprint density at radius 1 is 1.16 bits per heavy atom. The number of para-hydroxylation sites is 1. The Bertz CT molecular complexity index is 1240. The monoisotopic (exact) mass is 535 g/mol. The van der Waals surface area contributed by atoms with Gasteiger partial charge < -0.3 is 15.1 Å². The van der Waals surface area contributed by atoms with Gasteiger partial charge in [0.05, 0.1) is 23.7 Å². The number of furan rings is 1. The molecule has 38 heavy (non-hydrogen) atoms. The van der Waals surface area contributed by atoms with Crippen LogP contribution in [0.5, 0.6) is 0 Å². The number of nitrogens with zero attached hydrogens (tertiary/aromatic N) is 3. The minimum absolute atomic E-state index is 0.0131. The molecule has 0 spiro atoms. The van der Waals surface area contributed by atoms with Crippen LogP contribution in [0.25, 0.3) is 0 Å². The summed E-state index contributed by atoms with van der Waals surface area (Å²) in [4.78, 5) is 50.1. The Hall–Kier alpha value is -3.40. The highest BCUT2D eigenvalue weighted by Gasteiger charge is 2.42. The van der Waals surface area contributed by atoms with Crippen molar-refractivity contribution in [2.75, 3.05) is 0 Å². The zero-order valence-corrected chi connectivity index (χ0v) is 22.3. The van der Waals surface area contributed by atoms with Gasteiger partial charge in [0.15, 0.2) is 5.17 Å². The number of hydrogen-bond donors (Lipinski definition) is 2. The number of carbonyl (C=O) groups excluding carboxylic acids is 3. The molecule has 1 saturated carbocycles. The second-order valence-corrected chi connectivity index (χ2v) is 11.0. The molecule has 200 valence electrons. The third-order valence-corrected chi connectivity index (χ3v) is 8.41. The fraction of sp³-hybridized carbons (Fsp3) is 0.464. The second kappa shape index (κ2) is 12.0. The Morgan fingerprint density at radius 2 is 1.97 bits per heavy atom. The fourth-order valence-electron chi connectivity index (χ4n) is 5.01. The molecule has 3 amide bonds. The highest BCUT2D eigenvalue weighted by molar-refractivity contribution is 8.15. The number of rotatable bonds is 9. The van der Waals surface area contributed by atoms with Crippen molar-refractivity contribution < 1.29 is 18.8 Å². The van der Waals surface area contributed by atoms with E-state index in [-0.39, 0.29) is 41.9 Å². The molecule has 5 rings (SSSR count). The lowest BCUT2D eigenvalue weighted by Gasteiger charge is -2.29. The number of carbonyl (C=O) groups is 3. The van der Waals surface area contributed by atoms with E-state index in [0.717, 1.165) is 36.9 Å². The molecule has 10 heteroatoms. The van der Waals surface area contributed by atoms with Gasteiger partial charge >= 0.3 is 0 Å². The van der Waals surface area contributed by atoms with Crippen molar-refractivity contribution in [3.05, 3.63) is 54.0 Å². The first-order valence-electron chi connectivity index (χ1n) is 13.4. The molecule has 9 nitrogen and oxygen atoms in total. The van der Waals surface area contributed by atoms with Crippen molar-refractivity contribution in [3.8, 4) is 0 Å². The number of amidine groups is 2. The van der Waals surface area contributed by atoms with Crippen LogP contribution in [-0.2, 0) is 20.9 Å². The molecule has 2 N–H and O–H groups in total. The lowest BCUT2D eigenvalue weighted by molar-refractivity contribution is -0.125. The minimum Gasteiger partial charge on any atom is -0.467 e. The van der Waals surface area contributed by atoms with Crippen LogP contribution in [0.1, 0.15) is 69.6 Å². The van der Waals surface area contributed by atoms with Gasteiger partial charge in [-0.25, -0.2) is 9.89 Å². The number of hydrogen-bond acceptors (Lipinski definition) is 7. The van der Waals surface area contributed by atoms with E-state index in [1.807, 2.05) is 31.2 Å². The van der Waals surface area contributed by atoms with Gasteiger partial charge in [0.2, 0.25) is 11.8 Å². The second-order valence-electron chi connectivity index (χ2n) is 9.81. The molecule has 2 atom stereocenters. The van der Waals surface area contributed by atoms with Crippen LogP contribution in [-0.4, -0.2) is 51.0 Å². The van der Waals surface area contributed by atoms with Crippen LogP contribution >= 0.6 is 11.8 Å². The smallest absolute Gasteiger partial charge is 0.259 e. The number of aliphatic imine (C=N–C) groups is 2. The van der Waals surface area contributed by atoms with Crippen LogP contribution in [0.4, 0.5) is 5.69 Å². The molecule has 0 unspecified atom stereocenters. The lowest BCUT2D eigenvalue weighted by Crippen LogP contribution is -2.45. The molecule has 1 aromatic carbocycles. The third kappa shape index (κ3) is 5.85. The maximum atomic E-state index is 13.5. The number of fused-ring (bicyclic) bond motifs is 3. The molecular weight excluding hydrogens is 502 g/mol. The standard InChI is InChI=1S/C28H33N5O4S/c1-2-23(26(35)30-18-9-4-3-5-10-18)38-28-32-21-13-7-6-12-20(21)25-31-22(27(36)33(25)28)14-15-24(34)29-17-19-11-8-16-37-19/h6-8,11-13,16,18,22-23H,2-5,9-10,14-15,17H2,1H3,(H,29,34)(H,30,35)/t22-,23-/m1/s1. The molecule has 1 aromatic heterocycles. The van der Waals surface area contributed by atoms with Crippen LogP contribution in [0.15, 0.2) is 57.1 Å². The highest BCUT2D eigenvalue weighted by atomic mass is 32.2. The summed E-state index contributed by atoms with van der Waals surface area (Å²) in [7, 11) is 0. The quantitative estimate of drug-likeness (QED) is 0.497. The predicted molar refractivity (Wildman–Crippen MR) is 147 cm³/mol. The molecule has 0 saturated heterocycles. The zero-order chi connectivity index (χ0) is 26.5. The van der Waals surface area contributed by atoms with Gasteiger partial charge in [0.1, 0.15) is 17.6 Å². The first kappa shape index (κ1) is 26.2. The molecule has 3 aliphatic rings. The summed E-state index contributed by atoms with van der Waals surface area (Å²) >= 11 is 1.31. The first-order chi connectivity index (χ1) is 18.5. The summed E-state index contributed by atoms with van der Waals surface area (Å²) < 4.78 is 5.25. The summed E-state index contributed by atoms with van der Waals surface area (Å²) in [6.07, 6.45) is 8.14. The number of thioether (sulfide) groups is 1. The summed E-state index contributed by atoms with van der Waals surface area (Å²) in [6.45, 7) is 2.27.